The smallest absolute Gasteiger partial charge is 0.261 e. The molecule has 2 aliphatic carbocycles. The minimum Gasteiger partial charge on any atom is -0.390 e. The summed E-state index contributed by atoms with van der Waals surface area (Å²) in [6, 6.07) is -1.59. The van der Waals surface area contributed by atoms with Crippen molar-refractivity contribution in [3.05, 3.63) is 0 Å². The van der Waals surface area contributed by atoms with Gasteiger partial charge in [-0.1, -0.05) is 21.6 Å². The van der Waals surface area contributed by atoms with E-state index in [1.165, 1.54) is 31.4 Å². The van der Waals surface area contributed by atoms with Gasteiger partial charge in [-0.25, -0.2) is 0 Å². The van der Waals surface area contributed by atoms with Gasteiger partial charge in [0.05, 0.1) is 24.3 Å². The second kappa shape index (κ2) is 6.13. The highest BCUT2D eigenvalue weighted by molar-refractivity contribution is 8.78. The van der Waals surface area contributed by atoms with Crippen LogP contribution < -0.4 is 0 Å². The molecule has 5 heterocycles. The van der Waals surface area contributed by atoms with Gasteiger partial charge in [0.1, 0.15) is 11.6 Å². The van der Waals surface area contributed by atoms with Crippen molar-refractivity contribution in [1.29, 1.82) is 0 Å². The predicted octanol–water partition coefficient (Wildman–Crippen LogP) is -0.514. The molecule has 8 nitrogen and oxygen atoms in total. The molecule has 5 saturated heterocycles. The Morgan fingerprint density at radius 1 is 0.767 bits per heavy atom. The maximum Gasteiger partial charge on any atom is 0.261 e. The van der Waals surface area contributed by atoms with Crippen LogP contribution in [0.1, 0.15) is 25.7 Å². The van der Waals surface area contributed by atoms with E-state index in [0.29, 0.717) is 0 Å². The number of hydrogen-bond acceptors (Lipinski definition) is 10. The third-order valence-corrected chi connectivity index (χ3v) is 12.3. The molecule has 5 aliphatic heterocycles. The average molecular weight is 489 g/mol. The van der Waals surface area contributed by atoms with Gasteiger partial charge < -0.3 is 20.0 Å². The first-order valence-electron chi connectivity index (χ1n) is 9.96. The molecule has 0 aromatic carbocycles. The van der Waals surface area contributed by atoms with Gasteiger partial charge in [0, 0.05) is 48.0 Å². The van der Waals surface area contributed by atoms with Gasteiger partial charge >= 0.3 is 0 Å². The normalized spacial score (nSPS) is 54.3. The van der Waals surface area contributed by atoms with Crippen molar-refractivity contribution in [2.75, 3.05) is 0 Å². The van der Waals surface area contributed by atoms with E-state index in [-0.39, 0.29) is 49.1 Å². The summed E-state index contributed by atoms with van der Waals surface area (Å²) in [5.41, 5.74) is 0. The van der Waals surface area contributed by atoms with Crippen molar-refractivity contribution >= 4 is 70.2 Å². The van der Waals surface area contributed by atoms with Crippen LogP contribution in [0.5, 0.6) is 0 Å². The Labute approximate surface area is 191 Å². The van der Waals surface area contributed by atoms with Crippen molar-refractivity contribution < 1.29 is 29.4 Å². The summed E-state index contributed by atoms with van der Waals surface area (Å²) in [6.45, 7) is 0. The van der Waals surface area contributed by atoms with Crippen LogP contribution in [0.25, 0.3) is 0 Å². The van der Waals surface area contributed by atoms with Crippen molar-refractivity contribution in [3.8, 4) is 0 Å². The van der Waals surface area contributed by atoms with Crippen LogP contribution >= 0.6 is 46.8 Å². The van der Waals surface area contributed by atoms with Gasteiger partial charge in [0.15, 0.2) is 9.74 Å². The maximum atomic E-state index is 13.9. The Morgan fingerprint density at radius 3 is 1.50 bits per heavy atom. The van der Waals surface area contributed by atoms with Gasteiger partial charge in [0.25, 0.3) is 11.8 Å². The molecule has 2 spiro atoms. The second-order valence-corrected chi connectivity index (χ2v) is 13.2. The fraction of sp³-hybridized carbons (Fsp3) is 0.778. The molecule has 10 atom stereocenters. The van der Waals surface area contributed by atoms with E-state index in [2.05, 4.69) is 25.3 Å². The SMILES string of the molecule is O=C1CC(S)C(O)C2C1CC13SSC4(CC5C(=O)CC(S)C(O)C5N4C1=O)C(=O)N23. The zero-order valence-corrected chi connectivity index (χ0v) is 19.0. The Kier molecular flexibility index (Phi) is 4.13. The Bertz CT molecular complexity index is 847. The minimum atomic E-state index is -1.31. The fourth-order valence-corrected chi connectivity index (χ4v) is 10.9. The first-order valence-corrected chi connectivity index (χ1v) is 13.1. The van der Waals surface area contributed by atoms with Crippen LogP contribution in [0.4, 0.5) is 0 Å². The van der Waals surface area contributed by atoms with Crippen LogP contribution in [0.3, 0.4) is 0 Å². The van der Waals surface area contributed by atoms with Crippen LogP contribution in [-0.4, -0.2) is 87.9 Å². The Morgan fingerprint density at radius 2 is 1.13 bits per heavy atom. The molecule has 12 heteroatoms. The van der Waals surface area contributed by atoms with Gasteiger partial charge in [-0.15, -0.1) is 0 Å². The maximum absolute atomic E-state index is 13.9. The topological polar surface area (TPSA) is 115 Å². The molecule has 0 aromatic rings. The molecule has 10 unspecified atom stereocenters. The molecular formula is C18H20N2O6S4. The number of aliphatic hydroxyl groups excluding tert-OH is 2. The molecule has 7 rings (SSSR count). The average Bonchev–Trinajstić information content (AvgIpc) is 3.24. The number of rotatable bonds is 0. The zero-order valence-electron chi connectivity index (χ0n) is 15.6. The summed E-state index contributed by atoms with van der Waals surface area (Å²) in [7, 11) is 2.52. The summed E-state index contributed by atoms with van der Waals surface area (Å²) < 4.78 is 0. The minimum absolute atomic E-state index is 0.0948. The lowest BCUT2D eigenvalue weighted by Crippen LogP contribution is -2.77. The molecule has 2 bridgehead atoms. The lowest BCUT2D eigenvalue weighted by molar-refractivity contribution is -0.171. The molecule has 0 radical (unpaired) electrons. The van der Waals surface area contributed by atoms with Crippen molar-refractivity contribution in [3.63, 3.8) is 0 Å². The number of amides is 2. The van der Waals surface area contributed by atoms with E-state index in [1.54, 1.807) is 0 Å². The highest BCUT2D eigenvalue weighted by Gasteiger charge is 2.80. The molecule has 2 saturated carbocycles. The van der Waals surface area contributed by atoms with E-state index >= 15 is 0 Å². The number of hydrogen-bond donors (Lipinski definition) is 4. The fourth-order valence-electron chi connectivity index (χ4n) is 6.39. The lowest BCUT2D eigenvalue weighted by atomic mass is 9.80. The van der Waals surface area contributed by atoms with Gasteiger partial charge in [-0.05, 0) is 0 Å². The molecule has 162 valence electrons. The second-order valence-electron chi connectivity index (χ2n) is 9.14. The Hall–Kier alpha value is -0.400. The van der Waals surface area contributed by atoms with Crippen LogP contribution in [0.2, 0.25) is 0 Å². The van der Waals surface area contributed by atoms with E-state index < -0.39 is 56.4 Å². The molecular weight excluding hydrogens is 468 g/mol. The highest BCUT2D eigenvalue weighted by Crippen LogP contribution is 2.70. The van der Waals surface area contributed by atoms with Crippen LogP contribution in [-0.2, 0) is 19.2 Å². The van der Waals surface area contributed by atoms with Crippen LogP contribution in [0, 0.1) is 11.8 Å². The standard InChI is InChI=1S/C18H20N2O6S4/c21-7-1-9(27)13(23)11-5(7)3-17-15(25)20-12-6(8(22)2-10(28)14(12)24)4-18(20,30-29-17)16(26)19(11)17/h5-6,9-14,23-24,27-28H,1-4H2. The predicted molar refractivity (Wildman–Crippen MR) is 115 cm³/mol. The summed E-state index contributed by atoms with van der Waals surface area (Å²) in [6.07, 6.45) is -1.56. The van der Waals surface area contributed by atoms with E-state index in [0.717, 1.165) is 0 Å². The number of aliphatic hydroxyl groups is 2. The first kappa shape index (κ1) is 20.2. The molecule has 2 N–H and O–H groups in total. The quantitative estimate of drug-likeness (QED) is 0.266. The van der Waals surface area contributed by atoms with Gasteiger partial charge in [-0.3, -0.25) is 19.2 Å². The van der Waals surface area contributed by atoms with Crippen molar-refractivity contribution in [1.82, 2.24) is 9.80 Å². The Balaban J connectivity index is 1.49. The van der Waals surface area contributed by atoms with Gasteiger partial charge in [0.2, 0.25) is 0 Å². The van der Waals surface area contributed by atoms with Crippen LogP contribution in [0.15, 0.2) is 0 Å². The van der Waals surface area contributed by atoms with E-state index in [9.17, 15) is 29.4 Å². The number of carbonyl (C=O) groups excluding carboxylic acids is 4. The first-order chi connectivity index (χ1) is 14.1. The van der Waals surface area contributed by atoms with Crippen molar-refractivity contribution in [2.45, 2.75) is 70.2 Å². The van der Waals surface area contributed by atoms with Gasteiger partial charge in [-0.2, -0.15) is 25.3 Å². The molecule has 0 aromatic heterocycles. The summed E-state index contributed by atoms with van der Waals surface area (Å²) in [5.74, 6) is -2.13. The largest absolute Gasteiger partial charge is 0.390 e. The third-order valence-electron chi connectivity index (χ3n) is 7.75. The number of ketones is 2. The summed E-state index contributed by atoms with van der Waals surface area (Å²) in [4.78, 5) is 53.5. The monoisotopic (exact) mass is 488 g/mol. The summed E-state index contributed by atoms with van der Waals surface area (Å²) in [5, 5.41) is 20.5. The third kappa shape index (κ3) is 2.09. The molecule has 30 heavy (non-hydrogen) atoms. The van der Waals surface area contributed by atoms with E-state index in [1.807, 2.05) is 0 Å². The van der Waals surface area contributed by atoms with Crippen molar-refractivity contribution in [2.24, 2.45) is 11.8 Å². The van der Waals surface area contributed by atoms with E-state index in [4.69, 9.17) is 0 Å². The summed E-state index contributed by atoms with van der Waals surface area (Å²) >= 11 is 8.69. The zero-order chi connectivity index (χ0) is 21.3. The molecule has 7 aliphatic rings. The highest BCUT2D eigenvalue weighted by atomic mass is 33.1. The number of thiol groups is 2. The number of Topliss-reactive ketones (excluding diaryl/α,β-unsaturated/α-hetero) is 2. The molecule has 2 amide bonds. The number of carbonyl (C=O) groups is 4. The lowest BCUT2D eigenvalue weighted by Gasteiger charge is -2.59. The number of fused-ring (bicyclic) bond motifs is 3. The molecule has 7 fully saturated rings. The number of nitrogens with zero attached hydrogens (tertiary/aromatic N) is 2. The number of piperazine rings is 1.